The zero-order chi connectivity index (χ0) is 15.4. The number of rotatable bonds is 4. The largest absolute Gasteiger partial charge is 0.338 e. The van der Waals surface area contributed by atoms with Crippen molar-refractivity contribution in [2.24, 2.45) is 5.92 Å². The van der Waals surface area contributed by atoms with Gasteiger partial charge in [-0.3, -0.25) is 15.0 Å². The van der Waals surface area contributed by atoms with Gasteiger partial charge in [0, 0.05) is 24.0 Å². The summed E-state index contributed by atoms with van der Waals surface area (Å²) in [4.78, 5) is 27.1. The number of nitrogens with zero attached hydrogens (tertiary/aromatic N) is 1. The molecule has 0 unspecified atom stereocenters. The Morgan fingerprint density at radius 3 is 2.95 bits per heavy atom. The van der Waals surface area contributed by atoms with Gasteiger partial charge >= 0.3 is 6.03 Å². The summed E-state index contributed by atoms with van der Waals surface area (Å²) in [6, 6.07) is 1.95. The Kier molecular flexibility index (Phi) is 5.36. The fourth-order valence-corrected chi connectivity index (χ4v) is 3.43. The number of imide groups is 1. The Balaban J connectivity index is 1.82. The van der Waals surface area contributed by atoms with Crippen LogP contribution in [-0.4, -0.2) is 36.5 Å². The van der Waals surface area contributed by atoms with Crippen LogP contribution in [0.4, 0.5) is 4.79 Å². The second kappa shape index (κ2) is 7.04. The van der Waals surface area contributed by atoms with Crippen molar-refractivity contribution in [1.82, 2.24) is 15.5 Å². The van der Waals surface area contributed by atoms with Gasteiger partial charge in [-0.1, -0.05) is 13.8 Å². The fourth-order valence-electron chi connectivity index (χ4n) is 2.47. The van der Waals surface area contributed by atoms with Crippen LogP contribution < -0.4 is 10.6 Å². The number of fused-ring (bicyclic) bond motifs is 1. The number of hydrogen-bond acceptors (Lipinski definition) is 4. The molecular weight excluding hydrogens is 286 g/mol. The molecule has 2 rings (SSSR count). The van der Waals surface area contributed by atoms with Gasteiger partial charge in [0.1, 0.15) is 0 Å². The van der Waals surface area contributed by atoms with Crippen LogP contribution in [-0.2, 0) is 11.2 Å². The zero-order valence-electron chi connectivity index (χ0n) is 12.8. The topological polar surface area (TPSA) is 61.4 Å². The summed E-state index contributed by atoms with van der Waals surface area (Å²) >= 11 is 1.78. The molecule has 0 spiro atoms. The van der Waals surface area contributed by atoms with Crippen LogP contribution >= 0.6 is 11.3 Å². The molecular formula is C15H23N3O2S. The monoisotopic (exact) mass is 309 g/mol. The Bertz CT molecular complexity index is 513. The molecule has 0 aliphatic carbocycles. The number of carbonyl (C=O) groups is 2. The molecule has 116 valence electrons. The van der Waals surface area contributed by atoms with E-state index < -0.39 is 6.03 Å². The van der Waals surface area contributed by atoms with Crippen LogP contribution in [0.2, 0.25) is 0 Å². The summed E-state index contributed by atoms with van der Waals surface area (Å²) in [6.45, 7) is 7.81. The molecule has 1 aromatic rings. The lowest BCUT2D eigenvalue weighted by Crippen LogP contribution is -2.46. The Labute approximate surface area is 129 Å². The van der Waals surface area contributed by atoms with Crippen molar-refractivity contribution in [2.75, 3.05) is 19.6 Å². The highest BCUT2D eigenvalue weighted by Gasteiger charge is 2.26. The summed E-state index contributed by atoms with van der Waals surface area (Å²) in [7, 11) is 0. The van der Waals surface area contributed by atoms with Gasteiger partial charge in [0.15, 0.2) is 0 Å². The normalized spacial score (nSPS) is 18.4. The highest BCUT2D eigenvalue weighted by molar-refractivity contribution is 7.10. The minimum atomic E-state index is -0.408. The maximum absolute atomic E-state index is 12.0. The van der Waals surface area contributed by atoms with E-state index in [9.17, 15) is 9.59 Å². The molecule has 1 aromatic heterocycles. The van der Waals surface area contributed by atoms with Gasteiger partial charge in [0.25, 0.3) is 0 Å². The van der Waals surface area contributed by atoms with E-state index in [1.54, 1.807) is 11.3 Å². The molecule has 0 fully saturated rings. The molecule has 1 atom stereocenters. The first-order valence-corrected chi connectivity index (χ1v) is 8.23. The number of hydrogen-bond donors (Lipinski definition) is 2. The van der Waals surface area contributed by atoms with Crippen molar-refractivity contribution in [3.8, 4) is 0 Å². The van der Waals surface area contributed by atoms with Crippen LogP contribution in [0.5, 0.6) is 0 Å². The fraction of sp³-hybridized carbons (Fsp3) is 0.600. The third-order valence-electron chi connectivity index (χ3n) is 3.67. The molecule has 0 bridgehead atoms. The smallest absolute Gasteiger partial charge is 0.321 e. The van der Waals surface area contributed by atoms with Crippen molar-refractivity contribution < 1.29 is 9.59 Å². The van der Waals surface area contributed by atoms with Crippen molar-refractivity contribution in [2.45, 2.75) is 33.2 Å². The van der Waals surface area contributed by atoms with Crippen LogP contribution in [0, 0.1) is 5.92 Å². The lowest BCUT2D eigenvalue weighted by Gasteiger charge is -2.32. The van der Waals surface area contributed by atoms with Crippen LogP contribution in [0.25, 0.3) is 0 Å². The Morgan fingerprint density at radius 2 is 2.24 bits per heavy atom. The van der Waals surface area contributed by atoms with Crippen LogP contribution in [0.15, 0.2) is 11.4 Å². The third kappa shape index (κ3) is 4.28. The first-order chi connectivity index (χ1) is 9.97. The molecule has 2 N–H and O–H groups in total. The standard InChI is InChI=1S/C15H23N3O2S/c1-10(2)8-16-15(20)17-14(19)9-18-6-4-13-12(11(18)3)5-7-21-13/h5,7,10-11H,4,6,8-9H2,1-3H3,(H2,16,17,19,20)/t11-/m1/s1. The van der Waals surface area contributed by atoms with Crippen molar-refractivity contribution >= 4 is 23.3 Å². The van der Waals surface area contributed by atoms with E-state index in [1.165, 1.54) is 10.4 Å². The van der Waals surface area contributed by atoms with Crippen molar-refractivity contribution in [3.05, 3.63) is 21.9 Å². The minimum absolute atomic E-state index is 0.226. The summed E-state index contributed by atoms with van der Waals surface area (Å²) in [6.07, 6.45) is 0.976. The summed E-state index contributed by atoms with van der Waals surface area (Å²) in [5, 5.41) is 7.18. The molecule has 0 aromatic carbocycles. The second-order valence-electron chi connectivity index (χ2n) is 5.85. The molecule has 0 saturated carbocycles. The highest BCUT2D eigenvalue weighted by Crippen LogP contribution is 2.32. The molecule has 5 nitrogen and oxygen atoms in total. The van der Waals surface area contributed by atoms with E-state index in [2.05, 4.69) is 33.9 Å². The summed E-state index contributed by atoms with van der Waals surface area (Å²) < 4.78 is 0. The second-order valence-corrected chi connectivity index (χ2v) is 6.85. The van der Waals surface area contributed by atoms with Gasteiger partial charge in [0.05, 0.1) is 6.54 Å². The highest BCUT2D eigenvalue weighted by atomic mass is 32.1. The molecule has 0 radical (unpaired) electrons. The molecule has 6 heteroatoms. The van der Waals surface area contributed by atoms with Gasteiger partial charge in [-0.15, -0.1) is 11.3 Å². The van der Waals surface area contributed by atoms with E-state index in [0.717, 1.165) is 13.0 Å². The Morgan fingerprint density at radius 1 is 1.48 bits per heavy atom. The van der Waals surface area contributed by atoms with E-state index in [4.69, 9.17) is 0 Å². The van der Waals surface area contributed by atoms with Crippen molar-refractivity contribution in [3.63, 3.8) is 0 Å². The summed E-state index contributed by atoms with van der Waals surface area (Å²) in [5.74, 6) is 0.117. The van der Waals surface area contributed by atoms with E-state index >= 15 is 0 Å². The number of urea groups is 1. The molecule has 2 heterocycles. The predicted molar refractivity (Wildman–Crippen MR) is 84.4 cm³/mol. The van der Waals surface area contributed by atoms with Crippen LogP contribution in [0.1, 0.15) is 37.3 Å². The molecule has 1 aliphatic heterocycles. The first kappa shape index (κ1) is 16.0. The average Bonchev–Trinajstić information content (AvgIpc) is 2.89. The number of thiophene rings is 1. The van der Waals surface area contributed by atoms with Gasteiger partial charge < -0.3 is 5.32 Å². The van der Waals surface area contributed by atoms with Gasteiger partial charge in [-0.2, -0.15) is 0 Å². The van der Waals surface area contributed by atoms with Crippen LogP contribution in [0.3, 0.4) is 0 Å². The molecule has 3 amide bonds. The predicted octanol–water partition coefficient (Wildman–Crippen LogP) is 2.15. The van der Waals surface area contributed by atoms with E-state index in [1.807, 2.05) is 13.8 Å². The van der Waals surface area contributed by atoms with Gasteiger partial charge in [-0.05, 0) is 36.3 Å². The third-order valence-corrected chi connectivity index (χ3v) is 4.67. The van der Waals surface area contributed by atoms with E-state index in [-0.39, 0.29) is 18.5 Å². The quantitative estimate of drug-likeness (QED) is 0.896. The maximum atomic E-state index is 12.0. The van der Waals surface area contributed by atoms with Gasteiger partial charge in [-0.25, -0.2) is 4.79 Å². The lowest BCUT2D eigenvalue weighted by atomic mass is 10.0. The molecule has 1 aliphatic rings. The number of carbonyl (C=O) groups excluding carboxylic acids is 2. The Hall–Kier alpha value is -1.40. The van der Waals surface area contributed by atoms with Gasteiger partial charge in [0.2, 0.25) is 5.91 Å². The number of nitrogens with one attached hydrogen (secondary N) is 2. The number of amides is 3. The SMILES string of the molecule is CC(C)CNC(=O)NC(=O)CN1CCc2sccc2[C@H]1C. The maximum Gasteiger partial charge on any atom is 0.321 e. The lowest BCUT2D eigenvalue weighted by molar-refractivity contribution is -0.121. The molecule has 0 saturated heterocycles. The van der Waals surface area contributed by atoms with E-state index in [0.29, 0.717) is 12.5 Å². The van der Waals surface area contributed by atoms with Crippen molar-refractivity contribution in [1.29, 1.82) is 0 Å². The first-order valence-electron chi connectivity index (χ1n) is 7.35. The molecule has 21 heavy (non-hydrogen) atoms. The summed E-state index contributed by atoms with van der Waals surface area (Å²) in [5.41, 5.74) is 1.31. The zero-order valence-corrected chi connectivity index (χ0v) is 13.6. The average molecular weight is 309 g/mol. The minimum Gasteiger partial charge on any atom is -0.338 e.